The molecule has 0 amide bonds. The van der Waals surface area contributed by atoms with Gasteiger partial charge >= 0.3 is 0 Å². The molecule has 0 radical (unpaired) electrons. The van der Waals surface area contributed by atoms with Gasteiger partial charge in [0.15, 0.2) is 0 Å². The average molecular weight is 197 g/mol. The van der Waals surface area contributed by atoms with Crippen LogP contribution < -0.4 is 0 Å². The van der Waals surface area contributed by atoms with E-state index in [0.717, 1.165) is 12.8 Å². The highest BCUT2D eigenvalue weighted by Crippen LogP contribution is 2.39. The molecule has 0 saturated heterocycles. The molecule has 1 aliphatic rings. The van der Waals surface area contributed by atoms with Gasteiger partial charge in [-0.3, -0.25) is 0 Å². The van der Waals surface area contributed by atoms with E-state index in [0.29, 0.717) is 5.92 Å². The van der Waals surface area contributed by atoms with Crippen LogP contribution in [0.4, 0.5) is 0 Å². The molecule has 0 aromatic rings. The van der Waals surface area contributed by atoms with Crippen molar-refractivity contribution in [2.75, 3.05) is 6.61 Å². The molecule has 1 rings (SSSR count). The summed E-state index contributed by atoms with van der Waals surface area (Å²) in [4.78, 5) is 0. The topological polar surface area (TPSA) is 20.2 Å². The van der Waals surface area contributed by atoms with Crippen molar-refractivity contribution in [3.63, 3.8) is 0 Å². The zero-order chi connectivity index (χ0) is 8.32. The van der Waals surface area contributed by atoms with Crippen LogP contribution in [0.15, 0.2) is 0 Å². The lowest BCUT2D eigenvalue weighted by molar-refractivity contribution is 0.215. The second kappa shape index (κ2) is 3.97. The van der Waals surface area contributed by atoms with Crippen molar-refractivity contribution < 1.29 is 5.11 Å². The quantitative estimate of drug-likeness (QED) is 0.675. The monoisotopic (exact) mass is 196 g/mol. The van der Waals surface area contributed by atoms with Crippen LogP contribution in [-0.4, -0.2) is 16.0 Å². The predicted octanol–water partition coefficient (Wildman–Crippen LogP) is 2.73. The SMILES string of the molecule is OCC(Cl)(Cl)C1CCCCC1. The first kappa shape index (κ1) is 9.63. The van der Waals surface area contributed by atoms with Crippen LogP contribution in [0.3, 0.4) is 0 Å². The zero-order valence-electron chi connectivity index (χ0n) is 6.52. The molecule has 3 heteroatoms. The Hall–Kier alpha value is 0.540. The molecule has 0 spiro atoms. The Morgan fingerprint density at radius 1 is 1.18 bits per heavy atom. The Morgan fingerprint density at radius 3 is 2.18 bits per heavy atom. The van der Waals surface area contributed by atoms with Crippen molar-refractivity contribution in [3.8, 4) is 0 Å². The van der Waals surface area contributed by atoms with Crippen molar-refractivity contribution in [2.45, 2.75) is 36.4 Å². The molecule has 0 unspecified atom stereocenters. The molecule has 1 saturated carbocycles. The van der Waals surface area contributed by atoms with Crippen molar-refractivity contribution in [3.05, 3.63) is 0 Å². The summed E-state index contributed by atoms with van der Waals surface area (Å²) < 4.78 is -0.888. The van der Waals surface area contributed by atoms with Crippen LogP contribution in [0.2, 0.25) is 0 Å². The maximum Gasteiger partial charge on any atom is 0.143 e. The van der Waals surface area contributed by atoms with E-state index in [1.54, 1.807) is 0 Å². The summed E-state index contributed by atoms with van der Waals surface area (Å²) in [6, 6.07) is 0. The largest absolute Gasteiger partial charge is 0.393 e. The summed E-state index contributed by atoms with van der Waals surface area (Å²) in [5, 5.41) is 8.88. The molecule has 1 aliphatic carbocycles. The summed E-state index contributed by atoms with van der Waals surface area (Å²) in [6.07, 6.45) is 5.81. The van der Waals surface area contributed by atoms with Gasteiger partial charge in [-0.2, -0.15) is 0 Å². The number of hydrogen-bond acceptors (Lipinski definition) is 1. The Morgan fingerprint density at radius 2 is 1.73 bits per heavy atom. The predicted molar refractivity (Wildman–Crippen MR) is 48.1 cm³/mol. The smallest absolute Gasteiger partial charge is 0.143 e. The van der Waals surface area contributed by atoms with Gasteiger partial charge in [-0.25, -0.2) is 0 Å². The molecule has 66 valence electrons. The van der Waals surface area contributed by atoms with Crippen LogP contribution in [0.5, 0.6) is 0 Å². The van der Waals surface area contributed by atoms with Crippen molar-refractivity contribution in [1.82, 2.24) is 0 Å². The molecule has 1 N–H and O–H groups in total. The molecule has 11 heavy (non-hydrogen) atoms. The summed E-state index contributed by atoms with van der Waals surface area (Å²) in [7, 11) is 0. The highest BCUT2D eigenvalue weighted by atomic mass is 35.5. The molecule has 0 aliphatic heterocycles. The third-order valence-electron chi connectivity index (χ3n) is 2.41. The minimum absolute atomic E-state index is 0.124. The summed E-state index contributed by atoms with van der Waals surface area (Å²) in [5.41, 5.74) is 0. The molecular weight excluding hydrogens is 183 g/mol. The molecule has 1 nitrogen and oxygen atoms in total. The van der Waals surface area contributed by atoms with E-state index in [9.17, 15) is 0 Å². The van der Waals surface area contributed by atoms with E-state index in [-0.39, 0.29) is 6.61 Å². The second-order valence-electron chi connectivity index (χ2n) is 3.25. The maximum atomic E-state index is 8.88. The Labute approximate surface area is 77.7 Å². The minimum atomic E-state index is -0.888. The number of aliphatic hydroxyl groups excluding tert-OH is 1. The number of aliphatic hydroxyl groups is 1. The number of alkyl halides is 2. The van der Waals surface area contributed by atoms with Gasteiger partial charge in [0, 0.05) is 0 Å². The Bertz CT molecular complexity index is 119. The lowest BCUT2D eigenvalue weighted by atomic mass is 9.86. The molecule has 0 aromatic carbocycles. The van der Waals surface area contributed by atoms with E-state index in [4.69, 9.17) is 28.3 Å². The van der Waals surface area contributed by atoms with Crippen LogP contribution in [0.1, 0.15) is 32.1 Å². The molecule has 0 bridgehead atoms. The standard InChI is InChI=1S/C8H14Cl2O/c9-8(10,6-11)7-4-2-1-3-5-7/h7,11H,1-6H2. The minimum Gasteiger partial charge on any atom is -0.393 e. The van der Waals surface area contributed by atoms with E-state index in [1.807, 2.05) is 0 Å². The highest BCUT2D eigenvalue weighted by Gasteiger charge is 2.34. The third-order valence-corrected chi connectivity index (χ3v) is 3.27. The van der Waals surface area contributed by atoms with Gasteiger partial charge in [-0.05, 0) is 18.8 Å². The molecule has 0 aromatic heterocycles. The van der Waals surface area contributed by atoms with Gasteiger partial charge in [0.25, 0.3) is 0 Å². The van der Waals surface area contributed by atoms with Crippen LogP contribution >= 0.6 is 23.2 Å². The van der Waals surface area contributed by atoms with Crippen molar-refractivity contribution in [1.29, 1.82) is 0 Å². The number of hydrogen-bond donors (Lipinski definition) is 1. The normalized spacial score (nSPS) is 22.1. The van der Waals surface area contributed by atoms with Gasteiger partial charge < -0.3 is 5.11 Å². The van der Waals surface area contributed by atoms with E-state index < -0.39 is 4.33 Å². The number of rotatable bonds is 2. The number of halogens is 2. The first-order valence-electron chi connectivity index (χ1n) is 4.15. The zero-order valence-corrected chi connectivity index (χ0v) is 8.03. The van der Waals surface area contributed by atoms with Crippen molar-refractivity contribution in [2.24, 2.45) is 5.92 Å². The lowest BCUT2D eigenvalue weighted by Gasteiger charge is -2.31. The molecular formula is C8H14Cl2O. The Kier molecular flexibility index (Phi) is 3.48. The van der Waals surface area contributed by atoms with E-state index in [2.05, 4.69) is 0 Å². The van der Waals surface area contributed by atoms with Crippen LogP contribution in [0, 0.1) is 5.92 Å². The van der Waals surface area contributed by atoms with Gasteiger partial charge in [0.2, 0.25) is 0 Å². The fourth-order valence-corrected chi connectivity index (χ4v) is 2.09. The summed E-state index contributed by atoms with van der Waals surface area (Å²) in [6.45, 7) is -0.124. The fraction of sp³-hybridized carbons (Fsp3) is 1.00. The Balaban J connectivity index is 2.43. The summed E-state index contributed by atoms with van der Waals surface area (Å²) >= 11 is 11.8. The van der Waals surface area contributed by atoms with Gasteiger partial charge in [-0.1, -0.05) is 42.5 Å². The lowest BCUT2D eigenvalue weighted by Crippen LogP contribution is -2.31. The summed E-state index contributed by atoms with van der Waals surface area (Å²) in [5.74, 6) is 0.296. The average Bonchev–Trinajstić information content (AvgIpc) is 2.06. The van der Waals surface area contributed by atoms with Gasteiger partial charge in [0.05, 0.1) is 6.61 Å². The van der Waals surface area contributed by atoms with E-state index in [1.165, 1.54) is 19.3 Å². The fourth-order valence-electron chi connectivity index (χ4n) is 1.65. The first-order valence-corrected chi connectivity index (χ1v) is 4.91. The molecule has 1 fully saturated rings. The van der Waals surface area contributed by atoms with Gasteiger partial charge in [0.1, 0.15) is 4.33 Å². The highest BCUT2D eigenvalue weighted by molar-refractivity contribution is 6.48. The first-order chi connectivity index (χ1) is 5.17. The van der Waals surface area contributed by atoms with Gasteiger partial charge in [-0.15, -0.1) is 0 Å². The van der Waals surface area contributed by atoms with E-state index >= 15 is 0 Å². The van der Waals surface area contributed by atoms with Crippen molar-refractivity contribution >= 4 is 23.2 Å². The molecule has 0 heterocycles. The second-order valence-corrected chi connectivity index (χ2v) is 4.80. The van der Waals surface area contributed by atoms with Crippen LogP contribution in [-0.2, 0) is 0 Å². The maximum absolute atomic E-state index is 8.88. The molecule has 0 atom stereocenters. The van der Waals surface area contributed by atoms with Crippen LogP contribution in [0.25, 0.3) is 0 Å². The third kappa shape index (κ3) is 2.50.